The highest BCUT2D eigenvalue weighted by Crippen LogP contribution is 2.27. The van der Waals surface area contributed by atoms with Crippen molar-refractivity contribution >= 4 is 5.97 Å². The van der Waals surface area contributed by atoms with Crippen LogP contribution in [-0.2, 0) is 10.3 Å². The highest BCUT2D eigenvalue weighted by atomic mass is 16.4. The van der Waals surface area contributed by atoms with Crippen molar-refractivity contribution in [3.63, 3.8) is 0 Å². The Morgan fingerprint density at radius 1 is 1.31 bits per heavy atom. The molecular formula is C13H19NO2. The van der Waals surface area contributed by atoms with Gasteiger partial charge in [-0.2, -0.15) is 0 Å². The maximum Gasteiger partial charge on any atom is 0.305 e. The fraction of sp³-hybridized carbons (Fsp3) is 0.462. The number of hydrogen-bond donors (Lipinski definition) is 2. The quantitative estimate of drug-likeness (QED) is 0.820. The molecule has 0 saturated heterocycles. The van der Waals surface area contributed by atoms with Crippen molar-refractivity contribution in [1.82, 2.24) is 0 Å². The summed E-state index contributed by atoms with van der Waals surface area (Å²) in [5, 5.41) is 8.90. The SMILES string of the molecule is CCC(N)(CC(=O)O)c1cc(C)cc(C)c1. The second-order valence-corrected chi connectivity index (χ2v) is 4.46. The lowest BCUT2D eigenvalue weighted by atomic mass is 9.84. The number of rotatable bonds is 4. The van der Waals surface area contributed by atoms with Crippen LogP contribution < -0.4 is 5.73 Å². The molecular weight excluding hydrogens is 202 g/mol. The van der Waals surface area contributed by atoms with E-state index in [1.54, 1.807) is 0 Å². The molecule has 0 aliphatic carbocycles. The Kier molecular flexibility index (Phi) is 3.70. The second kappa shape index (κ2) is 4.66. The Labute approximate surface area is 96.3 Å². The maximum absolute atomic E-state index is 10.8. The van der Waals surface area contributed by atoms with Crippen molar-refractivity contribution in [3.8, 4) is 0 Å². The molecule has 1 aromatic rings. The summed E-state index contributed by atoms with van der Waals surface area (Å²) < 4.78 is 0. The molecule has 88 valence electrons. The first kappa shape index (κ1) is 12.7. The summed E-state index contributed by atoms with van der Waals surface area (Å²) in [6.45, 7) is 5.90. The van der Waals surface area contributed by atoms with Gasteiger partial charge in [0.05, 0.1) is 12.0 Å². The van der Waals surface area contributed by atoms with E-state index >= 15 is 0 Å². The lowest BCUT2D eigenvalue weighted by molar-refractivity contribution is -0.138. The fourth-order valence-corrected chi connectivity index (χ4v) is 1.96. The molecule has 0 spiro atoms. The molecule has 16 heavy (non-hydrogen) atoms. The molecule has 1 atom stereocenters. The lowest BCUT2D eigenvalue weighted by Crippen LogP contribution is -2.38. The van der Waals surface area contributed by atoms with Gasteiger partial charge in [0.25, 0.3) is 0 Å². The molecule has 0 saturated carbocycles. The van der Waals surface area contributed by atoms with E-state index in [0.717, 1.165) is 16.7 Å². The van der Waals surface area contributed by atoms with E-state index in [1.807, 2.05) is 32.9 Å². The molecule has 1 unspecified atom stereocenters. The molecule has 0 heterocycles. The standard InChI is InChI=1S/C13H19NO2/c1-4-13(14,8-12(15)16)11-6-9(2)5-10(3)7-11/h5-7H,4,8,14H2,1-3H3,(H,15,16). The zero-order chi connectivity index (χ0) is 12.3. The molecule has 3 N–H and O–H groups in total. The zero-order valence-corrected chi connectivity index (χ0v) is 10.1. The summed E-state index contributed by atoms with van der Waals surface area (Å²) >= 11 is 0. The van der Waals surface area contributed by atoms with E-state index in [2.05, 4.69) is 6.07 Å². The van der Waals surface area contributed by atoms with Gasteiger partial charge in [0, 0.05) is 0 Å². The van der Waals surface area contributed by atoms with Crippen LogP contribution in [0.4, 0.5) is 0 Å². The van der Waals surface area contributed by atoms with Crippen LogP contribution in [0.5, 0.6) is 0 Å². The predicted molar refractivity (Wildman–Crippen MR) is 64.3 cm³/mol. The Balaban J connectivity index is 3.16. The van der Waals surface area contributed by atoms with E-state index < -0.39 is 11.5 Å². The lowest BCUT2D eigenvalue weighted by Gasteiger charge is -2.27. The van der Waals surface area contributed by atoms with Crippen LogP contribution in [0.15, 0.2) is 18.2 Å². The molecule has 1 rings (SSSR count). The summed E-state index contributed by atoms with van der Waals surface area (Å²) in [5.41, 5.74) is 8.56. The van der Waals surface area contributed by atoms with Crippen LogP contribution in [0.1, 0.15) is 36.5 Å². The molecule has 0 aliphatic heterocycles. The minimum atomic E-state index is -0.858. The van der Waals surface area contributed by atoms with Crippen LogP contribution in [0.3, 0.4) is 0 Å². The van der Waals surface area contributed by atoms with Crippen LogP contribution in [0.2, 0.25) is 0 Å². The average Bonchev–Trinajstić information content (AvgIpc) is 2.15. The first-order valence-electron chi connectivity index (χ1n) is 5.47. The topological polar surface area (TPSA) is 63.3 Å². The molecule has 0 amide bonds. The van der Waals surface area contributed by atoms with Crippen molar-refractivity contribution in [2.75, 3.05) is 0 Å². The van der Waals surface area contributed by atoms with Crippen LogP contribution >= 0.6 is 0 Å². The van der Waals surface area contributed by atoms with E-state index in [9.17, 15) is 4.79 Å². The summed E-state index contributed by atoms with van der Waals surface area (Å²) in [6, 6.07) is 6.00. The normalized spacial score (nSPS) is 14.5. The fourth-order valence-electron chi connectivity index (χ4n) is 1.96. The maximum atomic E-state index is 10.8. The Morgan fingerprint density at radius 2 is 1.81 bits per heavy atom. The van der Waals surface area contributed by atoms with E-state index in [1.165, 1.54) is 0 Å². The van der Waals surface area contributed by atoms with Gasteiger partial charge in [-0.1, -0.05) is 36.2 Å². The van der Waals surface area contributed by atoms with E-state index in [-0.39, 0.29) is 6.42 Å². The van der Waals surface area contributed by atoms with Gasteiger partial charge in [-0.05, 0) is 25.8 Å². The number of carbonyl (C=O) groups is 1. The molecule has 1 aromatic carbocycles. The predicted octanol–water partition coefficient (Wildman–Crippen LogP) is 2.34. The Morgan fingerprint density at radius 3 is 2.19 bits per heavy atom. The van der Waals surface area contributed by atoms with Gasteiger partial charge in [-0.15, -0.1) is 0 Å². The van der Waals surface area contributed by atoms with Gasteiger partial charge in [0.1, 0.15) is 0 Å². The number of aryl methyl sites for hydroxylation is 2. The minimum absolute atomic E-state index is 0.0353. The number of carboxylic acid groups (broad SMARTS) is 1. The molecule has 0 radical (unpaired) electrons. The van der Waals surface area contributed by atoms with E-state index in [4.69, 9.17) is 10.8 Å². The summed E-state index contributed by atoms with van der Waals surface area (Å²) in [6.07, 6.45) is 0.578. The summed E-state index contributed by atoms with van der Waals surface area (Å²) in [4.78, 5) is 10.8. The Hall–Kier alpha value is -1.35. The molecule has 0 aliphatic rings. The largest absolute Gasteiger partial charge is 0.481 e. The second-order valence-electron chi connectivity index (χ2n) is 4.46. The smallest absolute Gasteiger partial charge is 0.305 e. The van der Waals surface area contributed by atoms with Gasteiger partial charge >= 0.3 is 5.97 Å². The number of hydrogen-bond acceptors (Lipinski definition) is 2. The third kappa shape index (κ3) is 2.83. The third-order valence-corrected chi connectivity index (χ3v) is 2.89. The molecule has 0 bridgehead atoms. The number of benzene rings is 1. The van der Waals surface area contributed by atoms with Gasteiger partial charge in [0.2, 0.25) is 0 Å². The van der Waals surface area contributed by atoms with Crippen molar-refractivity contribution in [1.29, 1.82) is 0 Å². The van der Waals surface area contributed by atoms with Gasteiger partial charge in [-0.3, -0.25) is 4.79 Å². The Bertz CT molecular complexity index is 381. The molecule has 3 heteroatoms. The van der Waals surface area contributed by atoms with Crippen LogP contribution in [0.25, 0.3) is 0 Å². The van der Waals surface area contributed by atoms with Crippen LogP contribution in [0, 0.1) is 13.8 Å². The first-order chi connectivity index (χ1) is 7.37. The molecule has 0 aromatic heterocycles. The van der Waals surface area contributed by atoms with Gasteiger partial charge in [-0.25, -0.2) is 0 Å². The summed E-state index contributed by atoms with van der Waals surface area (Å²) in [7, 11) is 0. The number of aliphatic carboxylic acids is 1. The number of nitrogens with two attached hydrogens (primary N) is 1. The average molecular weight is 221 g/mol. The zero-order valence-electron chi connectivity index (χ0n) is 10.1. The van der Waals surface area contributed by atoms with E-state index in [0.29, 0.717) is 6.42 Å². The van der Waals surface area contributed by atoms with Crippen molar-refractivity contribution < 1.29 is 9.90 Å². The van der Waals surface area contributed by atoms with Crippen molar-refractivity contribution in [3.05, 3.63) is 34.9 Å². The number of carboxylic acids is 1. The minimum Gasteiger partial charge on any atom is -0.481 e. The molecule has 3 nitrogen and oxygen atoms in total. The molecule has 0 fully saturated rings. The monoisotopic (exact) mass is 221 g/mol. The summed E-state index contributed by atoms with van der Waals surface area (Å²) in [5.74, 6) is -0.858. The van der Waals surface area contributed by atoms with Gasteiger partial charge in [0.15, 0.2) is 0 Å². The van der Waals surface area contributed by atoms with Crippen molar-refractivity contribution in [2.24, 2.45) is 5.73 Å². The van der Waals surface area contributed by atoms with Crippen molar-refractivity contribution in [2.45, 2.75) is 39.2 Å². The highest BCUT2D eigenvalue weighted by Gasteiger charge is 2.28. The van der Waals surface area contributed by atoms with Crippen LogP contribution in [-0.4, -0.2) is 11.1 Å². The highest BCUT2D eigenvalue weighted by molar-refractivity contribution is 5.69. The third-order valence-electron chi connectivity index (χ3n) is 2.89. The first-order valence-corrected chi connectivity index (χ1v) is 5.47. The van der Waals surface area contributed by atoms with Gasteiger partial charge < -0.3 is 10.8 Å².